The number of carbonyl (C=O) groups is 2. The van der Waals surface area contributed by atoms with Crippen molar-refractivity contribution < 1.29 is 9.59 Å². The van der Waals surface area contributed by atoms with Crippen LogP contribution >= 0.6 is 0 Å². The van der Waals surface area contributed by atoms with Crippen molar-refractivity contribution >= 4 is 23.3 Å². The van der Waals surface area contributed by atoms with Crippen LogP contribution < -0.4 is 16.4 Å². The van der Waals surface area contributed by atoms with Crippen molar-refractivity contribution in [3.05, 3.63) is 72.1 Å². The molecule has 1 saturated carbocycles. The Hall–Kier alpha value is -3.74. The third kappa shape index (κ3) is 3.98. The van der Waals surface area contributed by atoms with Crippen LogP contribution in [0.1, 0.15) is 33.7 Å². The Morgan fingerprint density at radius 3 is 2.36 bits per heavy atom. The third-order valence-electron chi connectivity index (χ3n) is 4.40. The van der Waals surface area contributed by atoms with Crippen LogP contribution in [0.5, 0.6) is 0 Å². The first-order chi connectivity index (χ1) is 13.6. The number of hydrogen-bond donors (Lipinski definition) is 3. The van der Waals surface area contributed by atoms with Gasteiger partial charge < -0.3 is 16.4 Å². The molecule has 3 aromatic rings. The van der Waals surface area contributed by atoms with E-state index in [0.717, 1.165) is 18.4 Å². The normalized spacial score (nSPS) is 13.0. The van der Waals surface area contributed by atoms with Crippen LogP contribution in [0.4, 0.5) is 11.5 Å². The summed E-state index contributed by atoms with van der Waals surface area (Å²) in [6, 6.07) is 16.4. The van der Waals surface area contributed by atoms with Gasteiger partial charge in [-0.3, -0.25) is 9.59 Å². The number of nitrogen functional groups attached to an aromatic ring is 1. The van der Waals surface area contributed by atoms with Crippen LogP contribution in [0, 0.1) is 0 Å². The molecule has 0 unspecified atom stereocenters. The summed E-state index contributed by atoms with van der Waals surface area (Å²) in [5.41, 5.74) is 8.37. The predicted molar refractivity (Wildman–Crippen MR) is 107 cm³/mol. The van der Waals surface area contributed by atoms with Crippen molar-refractivity contribution in [1.82, 2.24) is 15.3 Å². The fraction of sp³-hybridized carbons (Fsp3) is 0.143. The van der Waals surface area contributed by atoms with Gasteiger partial charge in [0.05, 0.1) is 11.9 Å². The zero-order chi connectivity index (χ0) is 19.5. The molecule has 2 amide bonds. The molecule has 2 aromatic carbocycles. The van der Waals surface area contributed by atoms with Crippen molar-refractivity contribution in [3.8, 4) is 11.3 Å². The molecule has 7 heteroatoms. The Balaban J connectivity index is 1.54. The Morgan fingerprint density at radius 1 is 0.964 bits per heavy atom. The van der Waals surface area contributed by atoms with E-state index < -0.39 is 5.91 Å². The Labute approximate surface area is 162 Å². The van der Waals surface area contributed by atoms with E-state index in [2.05, 4.69) is 20.6 Å². The van der Waals surface area contributed by atoms with Gasteiger partial charge in [-0.25, -0.2) is 9.97 Å². The largest absolute Gasteiger partial charge is 0.382 e. The summed E-state index contributed by atoms with van der Waals surface area (Å²) >= 11 is 0. The molecule has 28 heavy (non-hydrogen) atoms. The number of hydrogen-bond acceptors (Lipinski definition) is 5. The number of amides is 2. The first-order valence-corrected chi connectivity index (χ1v) is 9.00. The highest BCUT2D eigenvalue weighted by molar-refractivity contribution is 6.06. The molecular formula is C21H19N5O2. The highest BCUT2D eigenvalue weighted by atomic mass is 16.2. The lowest BCUT2D eigenvalue weighted by molar-refractivity contribution is 0.0950. The number of benzene rings is 2. The molecule has 1 aromatic heterocycles. The monoisotopic (exact) mass is 373 g/mol. The fourth-order valence-corrected chi connectivity index (χ4v) is 2.71. The Morgan fingerprint density at radius 2 is 1.68 bits per heavy atom. The molecule has 0 saturated heterocycles. The first kappa shape index (κ1) is 17.7. The molecule has 1 aliphatic rings. The third-order valence-corrected chi connectivity index (χ3v) is 4.40. The fourth-order valence-electron chi connectivity index (χ4n) is 2.71. The second-order valence-electron chi connectivity index (χ2n) is 6.63. The van der Waals surface area contributed by atoms with Crippen molar-refractivity contribution in [2.45, 2.75) is 18.9 Å². The number of carbonyl (C=O) groups excluding carboxylic acids is 2. The molecule has 0 radical (unpaired) electrons. The van der Waals surface area contributed by atoms with E-state index in [4.69, 9.17) is 5.73 Å². The topological polar surface area (TPSA) is 110 Å². The Kier molecular flexibility index (Phi) is 4.72. The minimum Gasteiger partial charge on any atom is -0.382 e. The van der Waals surface area contributed by atoms with E-state index in [1.807, 2.05) is 18.2 Å². The van der Waals surface area contributed by atoms with Gasteiger partial charge in [-0.15, -0.1) is 0 Å². The summed E-state index contributed by atoms with van der Waals surface area (Å²) in [5, 5.41) is 5.70. The van der Waals surface area contributed by atoms with Crippen LogP contribution in [0.15, 0.2) is 60.8 Å². The number of anilines is 2. The lowest BCUT2D eigenvalue weighted by atomic mass is 10.1. The lowest BCUT2D eigenvalue weighted by Gasteiger charge is -2.09. The lowest BCUT2D eigenvalue weighted by Crippen LogP contribution is -2.25. The standard InChI is InChI=1S/C21H19N5O2/c22-19-18(21(28)25-15-4-2-1-3-5-15)26-17(12-23-19)13-6-8-14(9-7-13)20(27)24-16-10-11-16/h1-9,12,16H,10-11H2,(H2,22,23)(H,24,27)(H,25,28). The minimum atomic E-state index is -0.432. The van der Waals surface area contributed by atoms with Crippen LogP contribution in [0.3, 0.4) is 0 Å². The average molecular weight is 373 g/mol. The smallest absolute Gasteiger partial charge is 0.278 e. The van der Waals surface area contributed by atoms with Gasteiger partial charge in [-0.2, -0.15) is 0 Å². The minimum absolute atomic E-state index is 0.0527. The zero-order valence-electron chi connectivity index (χ0n) is 15.1. The number of nitrogens with two attached hydrogens (primary N) is 1. The second kappa shape index (κ2) is 7.48. The maximum atomic E-state index is 12.5. The quantitative estimate of drug-likeness (QED) is 0.637. The van der Waals surface area contributed by atoms with Crippen LogP contribution in [0.2, 0.25) is 0 Å². The molecule has 4 N–H and O–H groups in total. The van der Waals surface area contributed by atoms with Crippen molar-refractivity contribution in [2.75, 3.05) is 11.1 Å². The van der Waals surface area contributed by atoms with E-state index in [9.17, 15) is 9.59 Å². The van der Waals surface area contributed by atoms with E-state index in [-0.39, 0.29) is 17.4 Å². The summed E-state index contributed by atoms with van der Waals surface area (Å²) < 4.78 is 0. The van der Waals surface area contributed by atoms with Gasteiger partial charge in [-0.1, -0.05) is 30.3 Å². The molecule has 0 bridgehead atoms. The van der Waals surface area contributed by atoms with Gasteiger partial charge in [0.1, 0.15) is 0 Å². The molecule has 1 fully saturated rings. The van der Waals surface area contributed by atoms with Gasteiger partial charge in [0.2, 0.25) is 0 Å². The summed E-state index contributed by atoms with van der Waals surface area (Å²) in [4.78, 5) is 33.1. The summed E-state index contributed by atoms with van der Waals surface area (Å²) in [7, 11) is 0. The Bertz CT molecular complexity index is 1010. The molecule has 0 aliphatic heterocycles. The van der Waals surface area contributed by atoms with E-state index in [1.165, 1.54) is 6.20 Å². The van der Waals surface area contributed by atoms with Crippen LogP contribution in [-0.2, 0) is 0 Å². The summed E-state index contributed by atoms with van der Waals surface area (Å²) in [6.07, 6.45) is 3.59. The van der Waals surface area contributed by atoms with Gasteiger partial charge in [0.25, 0.3) is 11.8 Å². The molecule has 4 rings (SSSR count). The maximum Gasteiger partial charge on any atom is 0.278 e. The van der Waals surface area contributed by atoms with E-state index in [1.54, 1.807) is 36.4 Å². The number of para-hydroxylation sites is 1. The van der Waals surface area contributed by atoms with E-state index >= 15 is 0 Å². The highest BCUT2D eigenvalue weighted by Crippen LogP contribution is 2.22. The molecule has 140 valence electrons. The SMILES string of the molecule is Nc1ncc(-c2ccc(C(=O)NC3CC3)cc2)nc1C(=O)Nc1ccccc1. The molecule has 7 nitrogen and oxygen atoms in total. The average Bonchev–Trinajstić information content (AvgIpc) is 3.53. The van der Waals surface area contributed by atoms with Gasteiger partial charge in [0.15, 0.2) is 11.5 Å². The molecule has 0 spiro atoms. The summed E-state index contributed by atoms with van der Waals surface area (Å²) in [5.74, 6) is -0.462. The molecule has 1 heterocycles. The first-order valence-electron chi connectivity index (χ1n) is 9.00. The number of nitrogens with one attached hydrogen (secondary N) is 2. The van der Waals surface area contributed by atoms with Crippen LogP contribution in [0.25, 0.3) is 11.3 Å². The molecule has 1 aliphatic carbocycles. The number of nitrogens with zero attached hydrogens (tertiary/aromatic N) is 2. The number of rotatable bonds is 5. The number of aromatic nitrogens is 2. The summed E-state index contributed by atoms with van der Waals surface area (Å²) in [6.45, 7) is 0. The van der Waals surface area contributed by atoms with Gasteiger partial charge in [0, 0.05) is 22.9 Å². The van der Waals surface area contributed by atoms with Gasteiger partial charge in [-0.05, 0) is 37.1 Å². The van der Waals surface area contributed by atoms with E-state index in [0.29, 0.717) is 23.0 Å². The highest BCUT2D eigenvalue weighted by Gasteiger charge is 2.23. The van der Waals surface area contributed by atoms with Gasteiger partial charge >= 0.3 is 0 Å². The molecular weight excluding hydrogens is 354 g/mol. The van der Waals surface area contributed by atoms with Crippen molar-refractivity contribution in [1.29, 1.82) is 0 Å². The maximum absolute atomic E-state index is 12.5. The molecule has 0 atom stereocenters. The van der Waals surface area contributed by atoms with Crippen LogP contribution in [-0.4, -0.2) is 27.8 Å². The zero-order valence-corrected chi connectivity index (χ0v) is 15.1. The van der Waals surface area contributed by atoms with Crippen molar-refractivity contribution in [3.63, 3.8) is 0 Å². The van der Waals surface area contributed by atoms with Crippen molar-refractivity contribution in [2.24, 2.45) is 0 Å². The predicted octanol–water partition coefficient (Wildman–Crippen LogP) is 2.87. The second-order valence-corrected chi connectivity index (χ2v) is 6.63.